The minimum Gasteiger partial charge on any atom is -0.323 e. The van der Waals surface area contributed by atoms with E-state index in [9.17, 15) is 9.59 Å². The van der Waals surface area contributed by atoms with Gasteiger partial charge in [0, 0.05) is 0 Å². The molecule has 1 N–H and O–H groups in total. The third-order valence-electron chi connectivity index (χ3n) is 4.20. The Labute approximate surface area is 123 Å². The highest BCUT2D eigenvalue weighted by Crippen LogP contribution is 2.32. The molecule has 1 amide bonds. The van der Waals surface area contributed by atoms with Crippen molar-refractivity contribution in [1.29, 1.82) is 0 Å². The summed E-state index contributed by atoms with van der Waals surface area (Å²) in [6.07, 6.45) is 5.08. The zero-order valence-corrected chi connectivity index (χ0v) is 12.1. The first-order valence-corrected chi connectivity index (χ1v) is 7.33. The highest BCUT2D eigenvalue weighted by atomic mass is 16.1. The molecule has 5 nitrogen and oxygen atoms in total. The van der Waals surface area contributed by atoms with Crippen LogP contribution in [0.25, 0.3) is 5.69 Å². The Balaban J connectivity index is 2.23. The predicted molar refractivity (Wildman–Crippen MR) is 82.0 cm³/mol. The van der Waals surface area contributed by atoms with E-state index in [0.717, 1.165) is 24.2 Å². The first-order chi connectivity index (χ1) is 10.2. The summed E-state index contributed by atoms with van der Waals surface area (Å²) in [5, 5.41) is 2.56. The van der Waals surface area contributed by atoms with Gasteiger partial charge in [-0.05, 0) is 31.9 Å². The Bertz CT molecular complexity index is 694. The van der Waals surface area contributed by atoms with Crippen molar-refractivity contribution < 1.29 is 4.79 Å². The first-order valence-electron chi connectivity index (χ1n) is 7.33. The van der Waals surface area contributed by atoms with Crippen LogP contribution in [0.3, 0.4) is 0 Å². The zero-order chi connectivity index (χ0) is 14.8. The second-order valence-corrected chi connectivity index (χ2v) is 5.46. The molecule has 1 aliphatic carbocycles. The number of aromatic nitrogens is 2. The zero-order valence-electron chi connectivity index (χ0n) is 12.1. The summed E-state index contributed by atoms with van der Waals surface area (Å²) in [5.74, 6) is 0. The summed E-state index contributed by atoms with van der Waals surface area (Å²) < 4.78 is 3.74. The number of hydrogen-bond acceptors (Lipinski definition) is 2. The lowest BCUT2D eigenvalue weighted by molar-refractivity contribution is -0.105. The third-order valence-corrected chi connectivity index (χ3v) is 4.20. The minimum atomic E-state index is -0.169. The number of carbonyl (C=O) groups is 1. The average molecular weight is 285 g/mol. The number of hydrogen-bond donors (Lipinski definition) is 1. The van der Waals surface area contributed by atoms with E-state index in [-0.39, 0.29) is 5.56 Å². The van der Waals surface area contributed by atoms with Gasteiger partial charge in [-0.15, -0.1) is 0 Å². The molecule has 1 aliphatic rings. The van der Waals surface area contributed by atoms with Gasteiger partial charge in [0.15, 0.2) is 0 Å². The molecular formula is C16H19N3O2. The van der Waals surface area contributed by atoms with Crippen LogP contribution in [-0.2, 0) is 4.79 Å². The molecule has 2 aromatic rings. The third kappa shape index (κ3) is 2.28. The number of nitrogens with one attached hydrogen (secondary N) is 1. The lowest BCUT2D eigenvalue weighted by Crippen LogP contribution is -2.24. The van der Waals surface area contributed by atoms with Crippen LogP contribution >= 0.6 is 0 Å². The largest absolute Gasteiger partial charge is 0.323 e. The number of para-hydroxylation sites is 1. The molecule has 21 heavy (non-hydrogen) atoms. The molecule has 1 aromatic heterocycles. The summed E-state index contributed by atoms with van der Waals surface area (Å²) in [4.78, 5) is 23.5. The van der Waals surface area contributed by atoms with E-state index in [1.807, 2.05) is 37.3 Å². The molecule has 1 heterocycles. The van der Waals surface area contributed by atoms with Crippen LogP contribution < -0.4 is 10.9 Å². The summed E-state index contributed by atoms with van der Waals surface area (Å²) >= 11 is 0. The number of amides is 1. The molecular weight excluding hydrogens is 266 g/mol. The molecule has 110 valence electrons. The van der Waals surface area contributed by atoms with Crippen LogP contribution in [-0.4, -0.2) is 15.8 Å². The van der Waals surface area contributed by atoms with Gasteiger partial charge in [0.25, 0.3) is 5.56 Å². The summed E-state index contributed by atoms with van der Waals surface area (Å²) in [5.41, 5.74) is 1.86. The van der Waals surface area contributed by atoms with Crippen molar-refractivity contribution in [3.05, 3.63) is 46.4 Å². The average Bonchev–Trinajstić information content (AvgIpc) is 3.10. The van der Waals surface area contributed by atoms with Gasteiger partial charge >= 0.3 is 0 Å². The van der Waals surface area contributed by atoms with Crippen molar-refractivity contribution in [1.82, 2.24) is 9.36 Å². The maximum absolute atomic E-state index is 12.7. The van der Waals surface area contributed by atoms with Crippen molar-refractivity contribution in [3.8, 4) is 5.69 Å². The van der Waals surface area contributed by atoms with Gasteiger partial charge in [-0.2, -0.15) is 0 Å². The molecule has 3 rings (SSSR count). The minimum absolute atomic E-state index is 0.169. The summed E-state index contributed by atoms with van der Waals surface area (Å²) in [7, 11) is 0. The fourth-order valence-corrected chi connectivity index (χ4v) is 3.25. The number of carbonyl (C=O) groups excluding carboxylic acids is 1. The molecule has 0 bridgehead atoms. The van der Waals surface area contributed by atoms with Crippen molar-refractivity contribution in [2.75, 3.05) is 5.32 Å². The van der Waals surface area contributed by atoms with Gasteiger partial charge in [0.05, 0.1) is 17.4 Å². The smallest absolute Gasteiger partial charge is 0.295 e. The topological polar surface area (TPSA) is 56.0 Å². The lowest BCUT2D eigenvalue weighted by atomic mass is 10.2. The molecule has 0 unspecified atom stereocenters. The van der Waals surface area contributed by atoms with Gasteiger partial charge in [-0.1, -0.05) is 31.0 Å². The van der Waals surface area contributed by atoms with Crippen molar-refractivity contribution in [2.45, 2.75) is 38.6 Å². The first kappa shape index (κ1) is 13.7. The van der Waals surface area contributed by atoms with Gasteiger partial charge in [-0.25, -0.2) is 4.68 Å². The molecule has 1 aromatic carbocycles. The number of anilines is 1. The maximum atomic E-state index is 12.7. The van der Waals surface area contributed by atoms with E-state index in [1.165, 1.54) is 12.8 Å². The van der Waals surface area contributed by atoms with Crippen LogP contribution in [0.4, 0.5) is 5.69 Å². The van der Waals surface area contributed by atoms with E-state index in [1.54, 1.807) is 4.68 Å². The lowest BCUT2D eigenvalue weighted by Gasteiger charge is -2.19. The van der Waals surface area contributed by atoms with Gasteiger partial charge in [0.1, 0.15) is 5.69 Å². The molecule has 0 aliphatic heterocycles. The van der Waals surface area contributed by atoms with Gasteiger partial charge in [0.2, 0.25) is 6.41 Å². The normalized spacial score (nSPS) is 15.3. The van der Waals surface area contributed by atoms with Crippen LogP contribution in [0.5, 0.6) is 0 Å². The molecule has 0 spiro atoms. The van der Waals surface area contributed by atoms with E-state index >= 15 is 0 Å². The Morgan fingerprint density at radius 2 is 1.86 bits per heavy atom. The second-order valence-electron chi connectivity index (χ2n) is 5.46. The quantitative estimate of drug-likeness (QED) is 0.878. The molecule has 0 radical (unpaired) electrons. The van der Waals surface area contributed by atoms with Crippen molar-refractivity contribution in [3.63, 3.8) is 0 Å². The fourth-order valence-electron chi connectivity index (χ4n) is 3.25. The Kier molecular flexibility index (Phi) is 3.64. The molecule has 0 saturated heterocycles. The van der Waals surface area contributed by atoms with Crippen LogP contribution in [0, 0.1) is 6.92 Å². The SMILES string of the molecule is Cc1c(NC=O)c(=O)n(-c2ccccc2)n1C1CCCC1. The second kappa shape index (κ2) is 5.60. The van der Waals surface area contributed by atoms with E-state index in [2.05, 4.69) is 10.00 Å². The molecule has 5 heteroatoms. The van der Waals surface area contributed by atoms with E-state index in [0.29, 0.717) is 18.1 Å². The fraction of sp³-hybridized carbons (Fsp3) is 0.375. The molecule has 0 atom stereocenters. The Morgan fingerprint density at radius 1 is 1.19 bits per heavy atom. The maximum Gasteiger partial charge on any atom is 0.295 e. The van der Waals surface area contributed by atoms with Crippen LogP contribution in [0.2, 0.25) is 0 Å². The summed E-state index contributed by atoms with van der Waals surface area (Å²) in [6, 6.07) is 9.90. The Hall–Kier alpha value is -2.30. The van der Waals surface area contributed by atoms with E-state index in [4.69, 9.17) is 0 Å². The van der Waals surface area contributed by atoms with E-state index < -0.39 is 0 Å². The number of rotatable bonds is 4. The van der Waals surface area contributed by atoms with Gasteiger partial charge in [-0.3, -0.25) is 14.3 Å². The van der Waals surface area contributed by atoms with Crippen LogP contribution in [0.15, 0.2) is 35.1 Å². The number of nitrogens with zero attached hydrogens (tertiary/aromatic N) is 2. The van der Waals surface area contributed by atoms with Crippen LogP contribution in [0.1, 0.15) is 37.4 Å². The molecule has 1 saturated carbocycles. The van der Waals surface area contributed by atoms with Crippen molar-refractivity contribution in [2.24, 2.45) is 0 Å². The summed E-state index contributed by atoms with van der Waals surface area (Å²) in [6.45, 7) is 1.89. The highest BCUT2D eigenvalue weighted by molar-refractivity contribution is 5.72. The predicted octanol–water partition coefficient (Wildman–Crippen LogP) is 2.63. The highest BCUT2D eigenvalue weighted by Gasteiger charge is 2.25. The monoisotopic (exact) mass is 285 g/mol. The standard InChI is InChI=1S/C16H19N3O2/c1-12-15(17-11-20)16(21)19(14-7-3-2-4-8-14)18(12)13-9-5-6-10-13/h2-4,7-8,11,13H,5-6,9-10H2,1H3,(H,17,20). The Morgan fingerprint density at radius 3 is 2.48 bits per heavy atom. The molecule has 1 fully saturated rings. The van der Waals surface area contributed by atoms with Gasteiger partial charge < -0.3 is 5.32 Å². The number of benzene rings is 1. The van der Waals surface area contributed by atoms with Crippen molar-refractivity contribution >= 4 is 12.1 Å².